The number of halogens is 2. The highest BCUT2D eigenvalue weighted by molar-refractivity contribution is 7.15. The topological polar surface area (TPSA) is 29.3 Å². The van der Waals surface area contributed by atoms with Gasteiger partial charge >= 0.3 is 0 Å². The summed E-state index contributed by atoms with van der Waals surface area (Å²) in [5.74, 6) is 0.384. The van der Waals surface area contributed by atoms with E-state index in [1.165, 1.54) is 10.9 Å². The highest BCUT2D eigenvalue weighted by Crippen LogP contribution is 2.30. The second kappa shape index (κ2) is 6.88. The number of rotatable bonds is 3. The average molecular weight is 327 g/mol. The van der Waals surface area contributed by atoms with Crippen LogP contribution < -0.4 is 5.73 Å². The van der Waals surface area contributed by atoms with E-state index < -0.39 is 0 Å². The first-order valence-corrected chi connectivity index (χ1v) is 7.76. The van der Waals surface area contributed by atoms with Gasteiger partial charge in [0.15, 0.2) is 0 Å². The van der Waals surface area contributed by atoms with E-state index >= 15 is 0 Å². The summed E-state index contributed by atoms with van der Waals surface area (Å²) >= 11 is 1.73. The molecule has 2 atom stereocenters. The fourth-order valence-corrected chi connectivity index (χ4v) is 3.75. The summed E-state index contributed by atoms with van der Waals surface area (Å²) in [5.41, 5.74) is 7.01. The van der Waals surface area contributed by atoms with Crippen molar-refractivity contribution < 1.29 is 4.39 Å². The van der Waals surface area contributed by atoms with E-state index in [0.717, 1.165) is 30.1 Å². The zero-order chi connectivity index (χ0) is 14.1. The van der Waals surface area contributed by atoms with Crippen molar-refractivity contribution in [2.24, 2.45) is 11.7 Å². The van der Waals surface area contributed by atoms with Crippen LogP contribution in [0.5, 0.6) is 0 Å². The van der Waals surface area contributed by atoms with E-state index in [1.54, 1.807) is 23.5 Å². The van der Waals surface area contributed by atoms with Gasteiger partial charge in [0, 0.05) is 35.4 Å². The first kappa shape index (κ1) is 16.4. The Labute approximate surface area is 135 Å². The molecule has 2 N–H and O–H groups in total. The van der Waals surface area contributed by atoms with Crippen LogP contribution in [-0.4, -0.2) is 24.0 Å². The number of benzene rings is 1. The molecule has 2 aromatic rings. The van der Waals surface area contributed by atoms with Gasteiger partial charge in [0.1, 0.15) is 5.82 Å². The Morgan fingerprint density at radius 2 is 2.10 bits per heavy atom. The van der Waals surface area contributed by atoms with Gasteiger partial charge in [-0.1, -0.05) is 19.1 Å². The summed E-state index contributed by atoms with van der Waals surface area (Å²) in [6.45, 7) is 5.18. The Balaban J connectivity index is 0.00000161. The summed E-state index contributed by atoms with van der Waals surface area (Å²) in [6, 6.07) is 11.3. The Morgan fingerprint density at radius 1 is 1.29 bits per heavy atom. The van der Waals surface area contributed by atoms with Crippen molar-refractivity contribution in [1.82, 2.24) is 4.90 Å². The van der Waals surface area contributed by atoms with Crippen LogP contribution in [0.15, 0.2) is 36.4 Å². The summed E-state index contributed by atoms with van der Waals surface area (Å²) in [4.78, 5) is 4.83. The zero-order valence-corrected chi connectivity index (χ0v) is 13.6. The van der Waals surface area contributed by atoms with Crippen molar-refractivity contribution in [3.05, 3.63) is 47.1 Å². The lowest BCUT2D eigenvalue weighted by atomic mass is 10.1. The van der Waals surface area contributed by atoms with Crippen molar-refractivity contribution in [1.29, 1.82) is 0 Å². The molecule has 2 heterocycles. The fraction of sp³-hybridized carbons (Fsp3) is 0.375. The smallest absolute Gasteiger partial charge is 0.123 e. The molecule has 1 aliphatic rings. The molecule has 2 nitrogen and oxygen atoms in total. The van der Waals surface area contributed by atoms with Gasteiger partial charge in [0.25, 0.3) is 0 Å². The molecule has 2 unspecified atom stereocenters. The van der Waals surface area contributed by atoms with Gasteiger partial charge in [-0.25, -0.2) is 4.39 Å². The van der Waals surface area contributed by atoms with Gasteiger partial charge in [-0.05, 0) is 35.7 Å². The molecule has 0 bridgehead atoms. The minimum atomic E-state index is -0.184. The van der Waals surface area contributed by atoms with Gasteiger partial charge < -0.3 is 5.73 Å². The number of thiophene rings is 1. The van der Waals surface area contributed by atoms with Crippen LogP contribution in [0.2, 0.25) is 0 Å². The molecule has 0 saturated carbocycles. The third kappa shape index (κ3) is 3.83. The van der Waals surface area contributed by atoms with Crippen molar-refractivity contribution in [3.8, 4) is 10.4 Å². The average Bonchev–Trinajstić information content (AvgIpc) is 2.98. The van der Waals surface area contributed by atoms with Crippen molar-refractivity contribution in [2.75, 3.05) is 13.1 Å². The summed E-state index contributed by atoms with van der Waals surface area (Å²) in [7, 11) is 0. The second-order valence-electron chi connectivity index (χ2n) is 5.61. The Hall–Kier alpha value is -0.940. The molecule has 21 heavy (non-hydrogen) atoms. The lowest BCUT2D eigenvalue weighted by Gasteiger charge is -2.13. The molecule has 5 heteroatoms. The predicted molar refractivity (Wildman–Crippen MR) is 89.4 cm³/mol. The van der Waals surface area contributed by atoms with E-state index in [4.69, 9.17) is 5.73 Å². The fourth-order valence-electron chi connectivity index (χ4n) is 2.70. The molecule has 1 aromatic heterocycles. The van der Waals surface area contributed by atoms with Crippen LogP contribution in [-0.2, 0) is 6.54 Å². The Morgan fingerprint density at radius 3 is 2.76 bits per heavy atom. The first-order chi connectivity index (χ1) is 9.61. The number of hydrogen-bond acceptors (Lipinski definition) is 3. The largest absolute Gasteiger partial charge is 0.326 e. The van der Waals surface area contributed by atoms with Crippen molar-refractivity contribution in [3.63, 3.8) is 0 Å². The minimum Gasteiger partial charge on any atom is -0.326 e. The molecule has 0 spiro atoms. The third-order valence-electron chi connectivity index (χ3n) is 3.90. The second-order valence-corrected chi connectivity index (χ2v) is 6.78. The predicted octanol–water partition coefficient (Wildman–Crippen LogP) is 3.76. The summed E-state index contributed by atoms with van der Waals surface area (Å²) in [5, 5.41) is 0. The SMILES string of the molecule is CC1CN(Cc2ccc(-c3cccc(F)c3)s2)CC1N.Cl. The summed E-state index contributed by atoms with van der Waals surface area (Å²) in [6.07, 6.45) is 0. The van der Waals surface area contributed by atoms with E-state index in [-0.39, 0.29) is 24.3 Å². The van der Waals surface area contributed by atoms with Crippen LogP contribution in [0.1, 0.15) is 11.8 Å². The molecular formula is C16H20ClFN2S. The van der Waals surface area contributed by atoms with Gasteiger partial charge in [-0.15, -0.1) is 23.7 Å². The molecule has 3 rings (SSSR count). The standard InChI is InChI=1S/C16H19FN2S.ClH/c1-11-8-19(10-15(11)18)9-14-5-6-16(20-14)12-3-2-4-13(17)7-12;/h2-7,11,15H,8-10,18H2,1H3;1H. The van der Waals surface area contributed by atoms with Crippen molar-refractivity contribution in [2.45, 2.75) is 19.5 Å². The van der Waals surface area contributed by atoms with E-state index in [0.29, 0.717) is 5.92 Å². The lowest BCUT2D eigenvalue weighted by molar-refractivity contribution is 0.322. The van der Waals surface area contributed by atoms with Crippen molar-refractivity contribution >= 4 is 23.7 Å². The van der Waals surface area contributed by atoms with Crippen LogP contribution in [0.3, 0.4) is 0 Å². The van der Waals surface area contributed by atoms with E-state index in [1.807, 2.05) is 6.07 Å². The molecule has 0 radical (unpaired) electrons. The van der Waals surface area contributed by atoms with Crippen LogP contribution >= 0.6 is 23.7 Å². The number of hydrogen-bond donors (Lipinski definition) is 1. The number of nitrogens with zero attached hydrogens (tertiary/aromatic N) is 1. The van der Waals surface area contributed by atoms with E-state index in [9.17, 15) is 4.39 Å². The van der Waals surface area contributed by atoms with Gasteiger partial charge in [-0.2, -0.15) is 0 Å². The maximum atomic E-state index is 13.3. The molecular weight excluding hydrogens is 307 g/mol. The zero-order valence-electron chi connectivity index (χ0n) is 12.0. The molecule has 1 aliphatic heterocycles. The van der Waals surface area contributed by atoms with Gasteiger partial charge in [-0.3, -0.25) is 4.90 Å². The van der Waals surface area contributed by atoms with Crippen LogP contribution in [0, 0.1) is 11.7 Å². The highest BCUT2D eigenvalue weighted by Gasteiger charge is 2.26. The molecule has 1 aromatic carbocycles. The number of likely N-dealkylation sites (tertiary alicyclic amines) is 1. The Bertz CT molecular complexity index is 591. The maximum absolute atomic E-state index is 13.3. The normalized spacial score (nSPS) is 22.2. The van der Waals surface area contributed by atoms with Crippen LogP contribution in [0.25, 0.3) is 10.4 Å². The molecule has 0 amide bonds. The minimum absolute atomic E-state index is 0. The third-order valence-corrected chi connectivity index (χ3v) is 5.02. The summed E-state index contributed by atoms with van der Waals surface area (Å²) < 4.78 is 13.3. The van der Waals surface area contributed by atoms with Gasteiger partial charge in [0.2, 0.25) is 0 Å². The molecule has 1 saturated heterocycles. The number of nitrogens with two attached hydrogens (primary N) is 1. The molecule has 114 valence electrons. The Kier molecular flexibility index (Phi) is 5.38. The lowest BCUT2D eigenvalue weighted by Crippen LogP contribution is -2.28. The monoisotopic (exact) mass is 326 g/mol. The van der Waals surface area contributed by atoms with Crippen LogP contribution in [0.4, 0.5) is 4.39 Å². The van der Waals surface area contributed by atoms with Gasteiger partial charge in [0.05, 0.1) is 0 Å². The van der Waals surface area contributed by atoms with E-state index in [2.05, 4.69) is 24.0 Å². The quantitative estimate of drug-likeness (QED) is 0.930. The molecule has 1 fully saturated rings. The highest BCUT2D eigenvalue weighted by atomic mass is 35.5. The molecule has 0 aliphatic carbocycles. The first-order valence-electron chi connectivity index (χ1n) is 6.94. The maximum Gasteiger partial charge on any atom is 0.123 e.